The van der Waals surface area contributed by atoms with E-state index < -0.39 is 15.6 Å². The Morgan fingerprint density at radius 3 is 1.47 bits per heavy atom. The Morgan fingerprint density at radius 2 is 1.10 bits per heavy atom. The lowest BCUT2D eigenvalue weighted by Gasteiger charge is -2.12. The molecule has 2 unspecified atom stereocenters. The van der Waals surface area contributed by atoms with Gasteiger partial charge >= 0.3 is 15.6 Å². The van der Waals surface area contributed by atoms with E-state index in [4.69, 9.17) is 19.4 Å². The molecule has 180 valence electrons. The van der Waals surface area contributed by atoms with Crippen molar-refractivity contribution < 1.29 is 37.4 Å². The summed E-state index contributed by atoms with van der Waals surface area (Å²) in [5, 5.41) is 0. The Bertz CT molecular complexity index is 533. The van der Waals surface area contributed by atoms with Gasteiger partial charge in [-0.1, -0.05) is 89.9 Å². The van der Waals surface area contributed by atoms with Gasteiger partial charge < -0.3 is 19.4 Å². The van der Waals surface area contributed by atoms with Gasteiger partial charge in [-0.05, 0) is 19.8 Å². The second-order valence-corrected chi connectivity index (χ2v) is 11.5. The molecule has 0 saturated carbocycles. The first-order valence-corrected chi connectivity index (χ1v) is 14.5. The third-order valence-corrected chi connectivity index (χ3v) is 7.64. The van der Waals surface area contributed by atoms with Gasteiger partial charge in [-0.15, -0.1) is 0 Å². The lowest BCUT2D eigenvalue weighted by molar-refractivity contribution is 0.175. The molecule has 2 atom stereocenters. The molecule has 0 bridgehead atoms. The van der Waals surface area contributed by atoms with Crippen LogP contribution in [0.4, 0.5) is 0 Å². The Morgan fingerprint density at radius 1 is 0.733 bits per heavy atom. The van der Waals surface area contributed by atoms with E-state index in [-0.39, 0.29) is 12.2 Å². The predicted octanol–water partition coefficient (Wildman–Crippen LogP) is 6.24. The topological polar surface area (TPSA) is 126 Å². The first kappa shape index (κ1) is 28.3. The number of ether oxygens (including phenoxy) is 1. The summed E-state index contributed by atoms with van der Waals surface area (Å²) in [5.74, 6) is 0. The van der Waals surface area contributed by atoms with E-state index in [1.54, 1.807) is 0 Å². The van der Waals surface area contributed by atoms with Crippen molar-refractivity contribution in [3.8, 4) is 0 Å². The highest BCUT2D eigenvalue weighted by Crippen LogP contribution is 2.57. The average molecular weight is 472 g/mol. The van der Waals surface area contributed by atoms with Crippen LogP contribution in [-0.2, 0) is 22.7 Å². The first-order valence-electron chi connectivity index (χ1n) is 11.5. The Kier molecular flexibility index (Phi) is 14.2. The fourth-order valence-electron chi connectivity index (χ4n) is 3.50. The highest BCUT2D eigenvalue weighted by Gasteiger charge is 2.37. The summed E-state index contributed by atoms with van der Waals surface area (Å²) < 4.78 is 35.4. The normalized spacial score (nSPS) is 20.9. The fraction of sp³-hybridized carbons (Fsp3) is 1.00. The predicted molar refractivity (Wildman–Crippen MR) is 117 cm³/mol. The summed E-state index contributed by atoms with van der Waals surface area (Å²) in [7, 11) is -9.70. The first-order chi connectivity index (χ1) is 14.1. The van der Waals surface area contributed by atoms with E-state index in [1.807, 2.05) is 0 Å². The van der Waals surface area contributed by atoms with Crippen molar-refractivity contribution in [1.29, 1.82) is 0 Å². The molecule has 0 aromatic carbocycles. The number of phosphoric ester groups is 1. The quantitative estimate of drug-likeness (QED) is 0.102. The molecule has 0 spiro atoms. The molecule has 0 radical (unpaired) electrons. The molecule has 10 heteroatoms. The maximum atomic E-state index is 11.2. The molecule has 1 heterocycles. The molecule has 0 aromatic heterocycles. The molecule has 3 N–H and O–H groups in total. The molecule has 1 aliphatic rings. The van der Waals surface area contributed by atoms with Gasteiger partial charge in [0.2, 0.25) is 0 Å². The number of unbranched alkanes of at least 4 members (excludes halogenated alkanes) is 14. The molecule has 1 rings (SSSR count). The molecule has 8 nitrogen and oxygen atoms in total. The molecule has 0 aromatic rings. The van der Waals surface area contributed by atoms with Crippen LogP contribution < -0.4 is 0 Å². The van der Waals surface area contributed by atoms with Crippen LogP contribution in [0.2, 0.25) is 0 Å². The molecule has 1 fully saturated rings. The van der Waals surface area contributed by atoms with Crippen LogP contribution in [0.25, 0.3) is 0 Å². The molecular weight excluding hydrogens is 430 g/mol. The summed E-state index contributed by atoms with van der Waals surface area (Å²) in [6.07, 6.45) is 19.2. The maximum Gasteiger partial charge on any atom is 0.481 e. The minimum absolute atomic E-state index is 0.0540. The van der Waals surface area contributed by atoms with Crippen molar-refractivity contribution in [2.45, 2.75) is 115 Å². The highest BCUT2D eigenvalue weighted by atomic mass is 31.3. The van der Waals surface area contributed by atoms with Crippen LogP contribution in [-0.4, -0.2) is 33.5 Å². The van der Waals surface area contributed by atoms with Crippen molar-refractivity contribution in [2.75, 3.05) is 13.2 Å². The van der Waals surface area contributed by atoms with Crippen molar-refractivity contribution >= 4 is 15.6 Å². The van der Waals surface area contributed by atoms with E-state index in [9.17, 15) is 9.13 Å². The Hall–Kier alpha value is 0.220. The van der Waals surface area contributed by atoms with E-state index in [0.29, 0.717) is 6.42 Å². The van der Waals surface area contributed by atoms with Crippen LogP contribution in [0.5, 0.6) is 0 Å². The summed E-state index contributed by atoms with van der Waals surface area (Å²) in [6, 6.07) is 0. The molecule has 1 saturated heterocycles. The summed E-state index contributed by atoms with van der Waals surface area (Å²) in [6.45, 7) is 3.11. The third-order valence-electron chi connectivity index (χ3n) is 5.45. The molecule has 1 aliphatic heterocycles. The van der Waals surface area contributed by atoms with Crippen LogP contribution in [0.3, 0.4) is 0 Å². The van der Waals surface area contributed by atoms with Crippen LogP contribution in [0, 0.1) is 0 Å². The van der Waals surface area contributed by atoms with Gasteiger partial charge in [0.1, 0.15) is 0 Å². The molecule has 30 heavy (non-hydrogen) atoms. The lowest BCUT2D eigenvalue weighted by Crippen LogP contribution is -2.02. The number of hydrogen-bond acceptors (Lipinski definition) is 5. The van der Waals surface area contributed by atoms with Crippen molar-refractivity contribution in [3.05, 3.63) is 0 Å². The largest absolute Gasteiger partial charge is 0.481 e. The zero-order valence-corrected chi connectivity index (χ0v) is 20.3. The molecular formula is C20H42O8P2. The number of rotatable bonds is 21. The number of hydrogen-bond donors (Lipinski definition) is 3. The van der Waals surface area contributed by atoms with E-state index in [1.165, 1.54) is 77.0 Å². The zero-order chi connectivity index (χ0) is 22.3. The van der Waals surface area contributed by atoms with Gasteiger partial charge in [-0.2, -0.15) is 4.31 Å². The zero-order valence-electron chi connectivity index (χ0n) is 18.5. The van der Waals surface area contributed by atoms with Crippen molar-refractivity contribution in [2.24, 2.45) is 0 Å². The van der Waals surface area contributed by atoms with E-state index in [2.05, 4.69) is 15.8 Å². The minimum atomic E-state index is -5.03. The van der Waals surface area contributed by atoms with Gasteiger partial charge in [-0.25, -0.2) is 9.13 Å². The second kappa shape index (κ2) is 15.1. The SMILES string of the molecule is CC1(CCCCCCCCCCCCCCCCCOP(=O)(O)OP(=O)(O)O)CO1. The van der Waals surface area contributed by atoms with Gasteiger partial charge in [0.05, 0.1) is 18.8 Å². The second-order valence-electron chi connectivity index (χ2n) is 8.67. The third kappa shape index (κ3) is 17.9. The molecule has 0 aliphatic carbocycles. The number of epoxide rings is 1. The van der Waals surface area contributed by atoms with Gasteiger partial charge in [0, 0.05) is 0 Å². The minimum Gasteiger partial charge on any atom is -0.370 e. The standard InChI is InChI=1S/C20H42O8P2/c1-20(19-26-20)17-15-13-11-9-7-5-3-2-4-6-8-10-12-14-16-18-27-30(24,25)28-29(21,22)23/h2-19H2,1H3,(H,24,25)(H2,21,22,23). The lowest BCUT2D eigenvalue weighted by atomic mass is 10.0. The summed E-state index contributed by atoms with van der Waals surface area (Å²) >= 11 is 0. The van der Waals surface area contributed by atoms with Crippen molar-refractivity contribution in [1.82, 2.24) is 0 Å². The van der Waals surface area contributed by atoms with Crippen LogP contribution in [0.1, 0.15) is 110 Å². The van der Waals surface area contributed by atoms with E-state index in [0.717, 1.165) is 25.9 Å². The van der Waals surface area contributed by atoms with E-state index >= 15 is 0 Å². The van der Waals surface area contributed by atoms with Gasteiger partial charge in [-0.3, -0.25) is 4.52 Å². The average Bonchev–Trinajstić information content (AvgIpc) is 3.36. The van der Waals surface area contributed by atoms with Crippen LogP contribution in [0.15, 0.2) is 0 Å². The Balaban J connectivity index is 1.73. The van der Waals surface area contributed by atoms with Gasteiger partial charge in [0.25, 0.3) is 0 Å². The fourth-order valence-corrected chi connectivity index (χ4v) is 5.13. The van der Waals surface area contributed by atoms with Crippen molar-refractivity contribution in [3.63, 3.8) is 0 Å². The Labute approximate surface area is 181 Å². The summed E-state index contributed by atoms with van der Waals surface area (Å²) in [5.41, 5.74) is 0.228. The van der Waals surface area contributed by atoms with Gasteiger partial charge in [0.15, 0.2) is 0 Å². The van der Waals surface area contributed by atoms with Crippen LogP contribution >= 0.6 is 15.6 Å². The number of phosphoric acid groups is 2. The molecule has 0 amide bonds. The maximum absolute atomic E-state index is 11.2. The monoisotopic (exact) mass is 472 g/mol. The highest BCUT2D eigenvalue weighted by molar-refractivity contribution is 7.60. The smallest absolute Gasteiger partial charge is 0.370 e. The summed E-state index contributed by atoms with van der Waals surface area (Å²) in [4.78, 5) is 26.1.